The lowest BCUT2D eigenvalue weighted by molar-refractivity contribution is -0.137. The number of halogens is 1. The van der Waals surface area contributed by atoms with E-state index < -0.39 is 0 Å². The zero-order valence-corrected chi connectivity index (χ0v) is 21.8. The van der Waals surface area contributed by atoms with Gasteiger partial charge in [0.1, 0.15) is 0 Å². The minimum Gasteiger partial charge on any atom is -0.356 e. The van der Waals surface area contributed by atoms with Crippen LogP contribution in [0.1, 0.15) is 44.4 Å². The Bertz CT molecular complexity index is 665. The van der Waals surface area contributed by atoms with Crippen molar-refractivity contribution in [2.24, 2.45) is 10.9 Å². The molecule has 8 heteroatoms. The Morgan fingerprint density at radius 2 is 1.90 bits per heavy atom. The Morgan fingerprint density at radius 1 is 1.20 bits per heavy atom. The first-order valence-electron chi connectivity index (χ1n) is 11.0. The molecule has 1 saturated heterocycles. The van der Waals surface area contributed by atoms with Crippen molar-refractivity contribution >= 4 is 47.2 Å². The summed E-state index contributed by atoms with van der Waals surface area (Å²) in [6.07, 6.45) is 4.64. The second kappa shape index (κ2) is 12.2. The summed E-state index contributed by atoms with van der Waals surface area (Å²) in [5, 5.41) is 9.03. The van der Waals surface area contributed by atoms with Crippen LogP contribution in [0.2, 0.25) is 0 Å². The second-order valence-electron chi connectivity index (χ2n) is 8.86. The van der Waals surface area contributed by atoms with Gasteiger partial charge in [-0.2, -0.15) is 0 Å². The molecule has 170 valence electrons. The molecule has 30 heavy (non-hydrogen) atoms. The summed E-state index contributed by atoms with van der Waals surface area (Å²) in [7, 11) is 1.82. The molecule has 1 aromatic rings. The number of hydrogen-bond acceptors (Lipinski definition) is 4. The molecule has 0 atom stereocenters. The van der Waals surface area contributed by atoms with Gasteiger partial charge in [-0.3, -0.25) is 14.7 Å². The molecule has 0 spiro atoms. The van der Waals surface area contributed by atoms with E-state index in [9.17, 15) is 4.79 Å². The second-order valence-corrected chi connectivity index (χ2v) is 9.81. The number of thiophene rings is 1. The number of amides is 1. The SMILES string of the molecule is CN=C(NCCN1CCN(C(=O)C2CCCC2)CC1)NCC(C)(C)c1cccs1.I. The summed E-state index contributed by atoms with van der Waals surface area (Å²) in [6, 6.07) is 4.30. The van der Waals surface area contributed by atoms with Gasteiger partial charge < -0.3 is 15.5 Å². The van der Waals surface area contributed by atoms with Crippen molar-refractivity contribution in [1.29, 1.82) is 0 Å². The Balaban J connectivity index is 0.00000320. The predicted octanol–water partition coefficient (Wildman–Crippen LogP) is 3.14. The zero-order valence-electron chi connectivity index (χ0n) is 18.7. The van der Waals surface area contributed by atoms with Crippen molar-refractivity contribution in [2.45, 2.75) is 44.9 Å². The highest BCUT2D eigenvalue weighted by Crippen LogP contribution is 2.27. The smallest absolute Gasteiger partial charge is 0.225 e. The van der Waals surface area contributed by atoms with Crippen molar-refractivity contribution in [3.63, 3.8) is 0 Å². The Hall–Kier alpha value is -0.870. The van der Waals surface area contributed by atoms with Crippen LogP contribution in [-0.2, 0) is 10.2 Å². The van der Waals surface area contributed by atoms with E-state index in [-0.39, 0.29) is 29.4 Å². The molecule has 1 aliphatic carbocycles. The third-order valence-electron chi connectivity index (χ3n) is 6.22. The van der Waals surface area contributed by atoms with Gasteiger partial charge >= 0.3 is 0 Å². The monoisotopic (exact) mass is 547 g/mol. The highest BCUT2D eigenvalue weighted by atomic mass is 127. The maximum Gasteiger partial charge on any atom is 0.225 e. The fraction of sp³-hybridized carbons (Fsp3) is 0.727. The largest absolute Gasteiger partial charge is 0.356 e. The number of carbonyl (C=O) groups excluding carboxylic acids is 1. The number of piperazine rings is 1. The standard InChI is InChI=1S/C22H37N5OS.HI/c1-22(2,19-9-6-16-29-19)17-25-21(23-3)24-10-11-26-12-14-27(15-13-26)20(28)18-7-4-5-8-18;/h6,9,16,18H,4-5,7-8,10-15,17H2,1-3H3,(H2,23,24,25);1H. The van der Waals surface area contributed by atoms with E-state index in [1.807, 2.05) is 7.05 Å². The fourth-order valence-corrected chi connectivity index (χ4v) is 5.08. The van der Waals surface area contributed by atoms with Crippen molar-refractivity contribution in [2.75, 3.05) is 52.9 Å². The number of hydrogen-bond donors (Lipinski definition) is 2. The first kappa shape index (κ1) is 25.4. The highest BCUT2D eigenvalue weighted by molar-refractivity contribution is 14.0. The van der Waals surface area contributed by atoms with Gasteiger partial charge in [-0.15, -0.1) is 35.3 Å². The minimum absolute atomic E-state index is 0. The van der Waals surface area contributed by atoms with Crippen LogP contribution in [0.5, 0.6) is 0 Å². The molecular formula is C22H38IN5OS. The summed E-state index contributed by atoms with van der Waals surface area (Å²) in [5.41, 5.74) is 0.0774. The minimum atomic E-state index is 0. The van der Waals surface area contributed by atoms with Crippen molar-refractivity contribution in [1.82, 2.24) is 20.4 Å². The molecule has 3 rings (SSSR count). The number of rotatable bonds is 7. The van der Waals surface area contributed by atoms with Crippen LogP contribution < -0.4 is 10.6 Å². The van der Waals surface area contributed by atoms with Gasteiger partial charge in [-0.05, 0) is 24.3 Å². The van der Waals surface area contributed by atoms with Crippen molar-refractivity contribution in [3.05, 3.63) is 22.4 Å². The van der Waals surface area contributed by atoms with Crippen molar-refractivity contribution in [3.8, 4) is 0 Å². The number of carbonyl (C=O) groups is 1. The van der Waals surface area contributed by atoms with Crippen LogP contribution in [0, 0.1) is 5.92 Å². The maximum absolute atomic E-state index is 12.6. The summed E-state index contributed by atoms with van der Waals surface area (Å²) in [6.45, 7) is 10.9. The van der Waals surface area contributed by atoms with E-state index >= 15 is 0 Å². The van der Waals surface area contributed by atoms with E-state index in [0.29, 0.717) is 11.8 Å². The molecule has 0 unspecified atom stereocenters. The van der Waals surface area contributed by atoms with Gasteiger partial charge in [0.2, 0.25) is 5.91 Å². The zero-order chi connectivity index (χ0) is 20.7. The molecule has 6 nitrogen and oxygen atoms in total. The van der Waals surface area contributed by atoms with Gasteiger partial charge in [0.25, 0.3) is 0 Å². The van der Waals surface area contributed by atoms with Crippen LogP contribution in [0.15, 0.2) is 22.5 Å². The quantitative estimate of drug-likeness (QED) is 0.313. The molecule has 1 aliphatic heterocycles. The van der Waals surface area contributed by atoms with E-state index in [4.69, 9.17) is 0 Å². The Morgan fingerprint density at radius 3 is 2.50 bits per heavy atom. The molecule has 1 saturated carbocycles. The van der Waals surface area contributed by atoms with Crippen LogP contribution in [-0.4, -0.2) is 74.5 Å². The molecule has 1 amide bonds. The highest BCUT2D eigenvalue weighted by Gasteiger charge is 2.29. The van der Waals surface area contributed by atoms with Crippen LogP contribution in [0.25, 0.3) is 0 Å². The van der Waals surface area contributed by atoms with E-state index in [2.05, 4.69) is 56.8 Å². The third-order valence-corrected chi connectivity index (χ3v) is 7.45. The number of nitrogens with one attached hydrogen (secondary N) is 2. The summed E-state index contributed by atoms with van der Waals surface area (Å²) in [4.78, 5) is 22.8. The van der Waals surface area contributed by atoms with E-state index in [1.54, 1.807) is 11.3 Å². The van der Waals surface area contributed by atoms with Gasteiger partial charge in [0, 0.05) is 69.1 Å². The maximum atomic E-state index is 12.6. The van der Waals surface area contributed by atoms with E-state index in [0.717, 1.165) is 64.6 Å². The molecule has 0 bridgehead atoms. The lowest BCUT2D eigenvalue weighted by atomic mass is 9.91. The summed E-state index contributed by atoms with van der Waals surface area (Å²) >= 11 is 1.80. The lowest BCUT2D eigenvalue weighted by Gasteiger charge is -2.36. The number of guanidine groups is 1. The van der Waals surface area contributed by atoms with E-state index in [1.165, 1.54) is 17.7 Å². The first-order valence-corrected chi connectivity index (χ1v) is 11.9. The molecule has 2 aliphatic rings. The molecule has 2 N–H and O–H groups in total. The molecule has 1 aromatic heterocycles. The van der Waals surface area contributed by atoms with Crippen LogP contribution >= 0.6 is 35.3 Å². The Labute approximate surface area is 202 Å². The molecular weight excluding hydrogens is 509 g/mol. The number of aliphatic imine (C=N–C) groups is 1. The predicted molar refractivity (Wildman–Crippen MR) is 137 cm³/mol. The van der Waals surface area contributed by atoms with Crippen LogP contribution in [0.3, 0.4) is 0 Å². The Kier molecular flexibility index (Phi) is 10.4. The average molecular weight is 548 g/mol. The third kappa shape index (κ3) is 7.09. The van der Waals surface area contributed by atoms with Gasteiger partial charge in [-0.1, -0.05) is 32.8 Å². The molecule has 2 heterocycles. The topological polar surface area (TPSA) is 60.0 Å². The van der Waals surface area contributed by atoms with Gasteiger partial charge in [0.15, 0.2) is 5.96 Å². The molecule has 2 fully saturated rings. The normalized spacial score (nSPS) is 18.9. The average Bonchev–Trinajstić information content (AvgIpc) is 3.45. The van der Waals surface area contributed by atoms with Gasteiger partial charge in [0.05, 0.1) is 0 Å². The molecule has 0 radical (unpaired) electrons. The van der Waals surface area contributed by atoms with Crippen molar-refractivity contribution < 1.29 is 4.79 Å². The first-order chi connectivity index (χ1) is 14.0. The summed E-state index contributed by atoms with van der Waals surface area (Å²) in [5.74, 6) is 1.55. The fourth-order valence-electron chi connectivity index (χ4n) is 4.23. The van der Waals surface area contributed by atoms with Gasteiger partial charge in [-0.25, -0.2) is 0 Å². The number of nitrogens with zero attached hydrogens (tertiary/aromatic N) is 3. The molecule has 0 aromatic carbocycles. The summed E-state index contributed by atoms with van der Waals surface area (Å²) < 4.78 is 0. The van der Waals surface area contributed by atoms with Crippen LogP contribution in [0.4, 0.5) is 0 Å². The lowest BCUT2D eigenvalue weighted by Crippen LogP contribution is -2.52.